The van der Waals surface area contributed by atoms with Crippen LogP contribution in [0.25, 0.3) is 0 Å². The molecule has 0 aromatic heterocycles. The van der Waals surface area contributed by atoms with Gasteiger partial charge in [0.15, 0.2) is 0 Å². The van der Waals surface area contributed by atoms with E-state index in [1.165, 1.54) is 4.90 Å². The molecule has 0 aliphatic rings. The van der Waals surface area contributed by atoms with Gasteiger partial charge in [0.05, 0.1) is 6.61 Å². The van der Waals surface area contributed by atoms with Gasteiger partial charge in [-0.3, -0.25) is 9.59 Å². The van der Waals surface area contributed by atoms with Crippen molar-refractivity contribution in [3.05, 3.63) is 64.2 Å². The zero-order valence-corrected chi connectivity index (χ0v) is 22.6. The second kappa shape index (κ2) is 12.0. The highest BCUT2D eigenvalue weighted by Gasteiger charge is 2.36. The predicted molar refractivity (Wildman–Crippen MR) is 141 cm³/mol. The van der Waals surface area contributed by atoms with Gasteiger partial charge in [-0.15, -0.1) is 0 Å². The van der Waals surface area contributed by atoms with E-state index in [0.29, 0.717) is 11.3 Å². The summed E-state index contributed by atoms with van der Waals surface area (Å²) in [5.74, 6) is -0.973. The van der Waals surface area contributed by atoms with Gasteiger partial charge in [-0.25, -0.2) is 4.79 Å². The Bertz CT molecular complexity index is 1090. The van der Waals surface area contributed by atoms with Crippen molar-refractivity contribution >= 4 is 23.6 Å². The number of para-hydroxylation sites is 1. The van der Waals surface area contributed by atoms with Crippen LogP contribution in [0.2, 0.25) is 0 Å². The molecule has 0 heterocycles. The summed E-state index contributed by atoms with van der Waals surface area (Å²) in [6, 6.07) is 9.07. The molecule has 2 rings (SSSR count). The maximum Gasteiger partial charge on any atom is 0.408 e. The number of amides is 3. The number of aliphatic hydroxyl groups is 1. The van der Waals surface area contributed by atoms with Crippen molar-refractivity contribution in [3.63, 3.8) is 0 Å². The van der Waals surface area contributed by atoms with E-state index in [1.54, 1.807) is 27.7 Å². The van der Waals surface area contributed by atoms with Crippen molar-refractivity contribution in [2.45, 2.75) is 73.1 Å². The summed E-state index contributed by atoms with van der Waals surface area (Å²) in [5, 5.41) is 15.4. The van der Waals surface area contributed by atoms with E-state index in [-0.39, 0.29) is 12.5 Å². The van der Waals surface area contributed by atoms with Crippen LogP contribution in [-0.4, -0.2) is 52.7 Å². The fourth-order valence-corrected chi connectivity index (χ4v) is 4.02. The molecule has 0 saturated carbocycles. The molecule has 8 nitrogen and oxygen atoms in total. The third-order valence-electron chi connectivity index (χ3n) is 6.03. The van der Waals surface area contributed by atoms with Crippen molar-refractivity contribution in [2.24, 2.45) is 0 Å². The topological polar surface area (TPSA) is 108 Å². The number of nitrogens with one attached hydrogen (secondary N) is 2. The Balaban J connectivity index is 2.50. The molecule has 2 unspecified atom stereocenters. The maximum absolute atomic E-state index is 13.8. The molecule has 3 N–H and O–H groups in total. The van der Waals surface area contributed by atoms with Crippen LogP contribution in [0.3, 0.4) is 0 Å². The molecule has 2 aromatic rings. The molecule has 0 aliphatic carbocycles. The van der Waals surface area contributed by atoms with Crippen molar-refractivity contribution in [3.8, 4) is 0 Å². The third kappa shape index (κ3) is 7.07. The Labute approximate surface area is 214 Å². The fraction of sp³-hybridized carbons (Fsp3) is 0.464. The van der Waals surface area contributed by atoms with Gasteiger partial charge in [-0.05, 0) is 83.2 Å². The van der Waals surface area contributed by atoms with Crippen LogP contribution in [0.4, 0.5) is 10.5 Å². The van der Waals surface area contributed by atoms with E-state index in [9.17, 15) is 19.5 Å². The molecule has 196 valence electrons. The molecule has 0 spiro atoms. The summed E-state index contributed by atoms with van der Waals surface area (Å²) in [7, 11) is 0. The number of carbonyl (C=O) groups excluding carboxylic acids is 3. The summed E-state index contributed by atoms with van der Waals surface area (Å²) < 4.78 is 5.26. The molecular weight excluding hydrogens is 458 g/mol. The molecule has 0 saturated heterocycles. The Morgan fingerprint density at radius 2 is 1.53 bits per heavy atom. The molecule has 2 atom stereocenters. The lowest BCUT2D eigenvalue weighted by Gasteiger charge is -2.34. The first kappa shape index (κ1) is 28.8. The highest BCUT2D eigenvalue weighted by Crippen LogP contribution is 2.29. The van der Waals surface area contributed by atoms with Gasteiger partial charge in [-0.2, -0.15) is 0 Å². The molecular formula is C28H39N3O5. The smallest absolute Gasteiger partial charge is 0.408 e. The number of likely N-dealkylation sites (N-methyl/N-ethyl adjacent to an activating group) is 1. The number of aryl methyl sites for hydroxylation is 3. The van der Waals surface area contributed by atoms with E-state index in [2.05, 4.69) is 10.6 Å². The van der Waals surface area contributed by atoms with Crippen molar-refractivity contribution in [2.75, 3.05) is 18.5 Å². The molecule has 0 aliphatic heterocycles. The van der Waals surface area contributed by atoms with E-state index < -0.39 is 36.3 Å². The minimum Gasteiger partial charge on any atom is -0.444 e. The first-order chi connectivity index (χ1) is 16.8. The number of benzene rings is 2. The lowest BCUT2D eigenvalue weighted by Crippen LogP contribution is -2.53. The van der Waals surface area contributed by atoms with E-state index in [4.69, 9.17) is 4.74 Å². The molecule has 36 heavy (non-hydrogen) atoms. The van der Waals surface area contributed by atoms with Gasteiger partial charge < -0.3 is 25.4 Å². The monoisotopic (exact) mass is 497 g/mol. The Morgan fingerprint density at radius 1 is 0.972 bits per heavy atom. The minimum absolute atomic E-state index is 0.170. The Morgan fingerprint density at radius 3 is 2.06 bits per heavy atom. The highest BCUT2D eigenvalue weighted by atomic mass is 16.6. The fourth-order valence-electron chi connectivity index (χ4n) is 4.02. The molecule has 0 fully saturated rings. The van der Waals surface area contributed by atoms with Gasteiger partial charge in [0.1, 0.15) is 17.7 Å². The van der Waals surface area contributed by atoms with Crippen LogP contribution in [0.5, 0.6) is 0 Å². The number of carbonyl (C=O) groups is 3. The van der Waals surface area contributed by atoms with Crippen LogP contribution in [0.1, 0.15) is 61.6 Å². The Hall–Kier alpha value is -3.39. The number of aliphatic hydroxyl groups excluding tert-OH is 1. The van der Waals surface area contributed by atoms with Gasteiger partial charge >= 0.3 is 6.09 Å². The largest absolute Gasteiger partial charge is 0.444 e. The summed E-state index contributed by atoms with van der Waals surface area (Å²) in [5.41, 5.74) is 4.24. The average Bonchev–Trinajstić information content (AvgIpc) is 2.78. The molecule has 0 radical (unpaired) electrons. The second-order valence-corrected chi connectivity index (χ2v) is 9.95. The van der Waals surface area contributed by atoms with Crippen LogP contribution in [0.15, 0.2) is 36.4 Å². The van der Waals surface area contributed by atoms with E-state index in [1.807, 2.05) is 64.1 Å². The minimum atomic E-state index is -1.28. The number of rotatable bonds is 8. The number of anilines is 1. The average molecular weight is 498 g/mol. The summed E-state index contributed by atoms with van der Waals surface area (Å²) in [4.78, 5) is 41.2. The quantitative estimate of drug-likeness (QED) is 0.503. The van der Waals surface area contributed by atoms with Gasteiger partial charge in [0.2, 0.25) is 5.91 Å². The molecule has 0 bridgehead atoms. The molecule has 3 amide bonds. The van der Waals surface area contributed by atoms with Crippen LogP contribution < -0.4 is 10.6 Å². The van der Waals surface area contributed by atoms with E-state index in [0.717, 1.165) is 22.3 Å². The summed E-state index contributed by atoms with van der Waals surface area (Å²) >= 11 is 0. The standard InChI is InChI=1S/C28H39N3O5/c1-9-31(26(34)22(16-32)29-27(35)36-28(6,7)8)24(21-15-11-12-17(2)20(21)5)25(33)30-23-18(3)13-10-14-19(23)4/h10-15,22,24,32H,9,16H2,1-8H3,(H,29,35)(H,30,33). The normalized spacial score (nSPS) is 12.9. The number of hydrogen-bond donors (Lipinski definition) is 3. The SMILES string of the molecule is CCN(C(=O)C(CO)NC(=O)OC(C)(C)C)C(C(=O)Nc1c(C)cccc1C)c1cccc(C)c1C. The van der Waals surface area contributed by atoms with Crippen LogP contribution >= 0.6 is 0 Å². The summed E-state index contributed by atoms with van der Waals surface area (Å²) in [6.45, 7) is 14.1. The number of nitrogens with zero attached hydrogens (tertiary/aromatic N) is 1. The molecule has 8 heteroatoms. The summed E-state index contributed by atoms with van der Waals surface area (Å²) in [6.07, 6.45) is -0.825. The van der Waals surface area contributed by atoms with Crippen molar-refractivity contribution < 1.29 is 24.2 Å². The number of hydrogen-bond acceptors (Lipinski definition) is 5. The zero-order chi connectivity index (χ0) is 27.2. The van der Waals surface area contributed by atoms with Crippen LogP contribution in [0, 0.1) is 27.7 Å². The van der Waals surface area contributed by atoms with Crippen molar-refractivity contribution in [1.82, 2.24) is 10.2 Å². The maximum atomic E-state index is 13.8. The number of ether oxygens (including phenoxy) is 1. The second-order valence-electron chi connectivity index (χ2n) is 9.95. The third-order valence-corrected chi connectivity index (χ3v) is 6.03. The number of alkyl carbamates (subject to hydrolysis) is 1. The van der Waals surface area contributed by atoms with Gasteiger partial charge in [-0.1, -0.05) is 36.4 Å². The Kier molecular flexibility index (Phi) is 9.64. The predicted octanol–water partition coefficient (Wildman–Crippen LogP) is 4.33. The van der Waals surface area contributed by atoms with Gasteiger partial charge in [0, 0.05) is 12.2 Å². The first-order valence-corrected chi connectivity index (χ1v) is 12.1. The van der Waals surface area contributed by atoms with E-state index >= 15 is 0 Å². The first-order valence-electron chi connectivity index (χ1n) is 12.1. The van der Waals surface area contributed by atoms with Gasteiger partial charge in [0.25, 0.3) is 5.91 Å². The van der Waals surface area contributed by atoms with Crippen molar-refractivity contribution in [1.29, 1.82) is 0 Å². The lowest BCUT2D eigenvalue weighted by atomic mass is 9.94. The molecule has 2 aromatic carbocycles. The zero-order valence-electron chi connectivity index (χ0n) is 22.6. The lowest BCUT2D eigenvalue weighted by molar-refractivity contribution is -0.141. The highest BCUT2D eigenvalue weighted by molar-refractivity contribution is 6.00. The van der Waals surface area contributed by atoms with Crippen LogP contribution in [-0.2, 0) is 14.3 Å².